The van der Waals surface area contributed by atoms with Gasteiger partial charge in [-0.15, -0.1) is 0 Å². The summed E-state index contributed by atoms with van der Waals surface area (Å²) in [6, 6.07) is 19.7. The number of anilines is 1. The summed E-state index contributed by atoms with van der Waals surface area (Å²) >= 11 is 6.01. The Morgan fingerprint density at radius 3 is 2.10 bits per heavy atom. The molecule has 2 amide bonds. The Bertz CT molecular complexity index is 1430. The molecule has 214 valence electrons. The highest BCUT2D eigenvalue weighted by atomic mass is 35.5. The van der Waals surface area contributed by atoms with Crippen molar-refractivity contribution < 1.29 is 18.0 Å². The van der Waals surface area contributed by atoms with E-state index in [-0.39, 0.29) is 17.3 Å². The molecule has 0 aliphatic heterocycles. The highest BCUT2D eigenvalue weighted by Crippen LogP contribution is 2.26. The minimum Gasteiger partial charge on any atom is -0.350 e. The molecule has 1 atom stereocenters. The van der Waals surface area contributed by atoms with Gasteiger partial charge in [0.25, 0.3) is 10.0 Å². The molecule has 3 aromatic carbocycles. The molecular formula is C31H38ClN3O4S. The molecule has 3 aromatic rings. The zero-order valence-electron chi connectivity index (χ0n) is 23.9. The number of amides is 2. The number of sulfonamides is 1. The van der Waals surface area contributed by atoms with Crippen LogP contribution in [0.15, 0.2) is 77.7 Å². The number of benzene rings is 3. The van der Waals surface area contributed by atoms with Gasteiger partial charge in [0.05, 0.1) is 10.6 Å². The predicted molar refractivity (Wildman–Crippen MR) is 161 cm³/mol. The van der Waals surface area contributed by atoms with E-state index in [4.69, 9.17) is 11.6 Å². The van der Waals surface area contributed by atoms with E-state index in [1.807, 2.05) is 71.9 Å². The van der Waals surface area contributed by atoms with Crippen LogP contribution >= 0.6 is 11.6 Å². The SMILES string of the molecule is CC[C@H](C(=O)NC(C)(C)C)N(Cc1ccc(C)cc1)C(=O)CN(c1cccc(C)c1)S(=O)(=O)c1ccc(Cl)cc1. The number of rotatable bonds is 10. The van der Waals surface area contributed by atoms with Crippen molar-refractivity contribution in [2.75, 3.05) is 10.8 Å². The lowest BCUT2D eigenvalue weighted by Gasteiger charge is -2.34. The van der Waals surface area contributed by atoms with Gasteiger partial charge in [-0.3, -0.25) is 13.9 Å². The van der Waals surface area contributed by atoms with Crippen LogP contribution < -0.4 is 9.62 Å². The third kappa shape index (κ3) is 8.08. The standard InChI is InChI=1S/C31H38ClN3O4S/c1-7-28(30(37)33-31(4,5)6)34(20-24-13-11-22(2)12-14-24)29(36)21-35(26-10-8-9-23(3)19-26)40(38,39)27-17-15-25(32)16-18-27/h8-19,28H,7,20-21H2,1-6H3,(H,33,37)/t28-/m1/s1. The number of aryl methyl sites for hydroxylation is 2. The molecule has 0 heterocycles. The molecule has 40 heavy (non-hydrogen) atoms. The van der Waals surface area contributed by atoms with Gasteiger partial charge in [-0.1, -0.05) is 60.5 Å². The smallest absolute Gasteiger partial charge is 0.264 e. The van der Waals surface area contributed by atoms with Crippen molar-refractivity contribution in [1.82, 2.24) is 10.2 Å². The Balaban J connectivity index is 2.07. The Kier molecular flexibility index (Phi) is 10.0. The van der Waals surface area contributed by atoms with Crippen molar-refractivity contribution in [3.8, 4) is 0 Å². The quantitative estimate of drug-likeness (QED) is 0.323. The normalized spacial score (nSPS) is 12.5. The number of nitrogens with one attached hydrogen (secondary N) is 1. The number of hydrogen-bond acceptors (Lipinski definition) is 4. The van der Waals surface area contributed by atoms with Gasteiger partial charge >= 0.3 is 0 Å². The van der Waals surface area contributed by atoms with Crippen LogP contribution in [0.4, 0.5) is 5.69 Å². The lowest BCUT2D eigenvalue weighted by atomic mass is 10.1. The highest BCUT2D eigenvalue weighted by molar-refractivity contribution is 7.92. The van der Waals surface area contributed by atoms with Gasteiger partial charge in [0.15, 0.2) is 0 Å². The van der Waals surface area contributed by atoms with Crippen molar-refractivity contribution in [1.29, 1.82) is 0 Å². The Morgan fingerprint density at radius 2 is 1.55 bits per heavy atom. The molecule has 0 aliphatic carbocycles. The van der Waals surface area contributed by atoms with Crippen LogP contribution in [0.5, 0.6) is 0 Å². The average Bonchev–Trinajstić information content (AvgIpc) is 2.87. The summed E-state index contributed by atoms with van der Waals surface area (Å²) in [5.41, 5.74) is 2.59. The molecule has 0 fully saturated rings. The first-order valence-electron chi connectivity index (χ1n) is 13.2. The molecule has 0 saturated heterocycles. The molecule has 0 radical (unpaired) electrons. The van der Waals surface area contributed by atoms with Crippen molar-refractivity contribution in [2.24, 2.45) is 0 Å². The van der Waals surface area contributed by atoms with E-state index in [0.29, 0.717) is 17.1 Å². The first kappa shape index (κ1) is 31.2. The summed E-state index contributed by atoms with van der Waals surface area (Å²) in [7, 11) is -4.15. The molecule has 0 unspecified atom stereocenters. The fraction of sp³-hybridized carbons (Fsp3) is 0.355. The summed E-state index contributed by atoms with van der Waals surface area (Å²) < 4.78 is 28.9. The maximum absolute atomic E-state index is 14.1. The van der Waals surface area contributed by atoms with E-state index in [2.05, 4.69) is 5.32 Å². The molecule has 0 saturated carbocycles. The van der Waals surface area contributed by atoms with Gasteiger partial charge in [-0.2, -0.15) is 0 Å². The minimum absolute atomic E-state index is 0.00816. The number of nitrogens with zero attached hydrogens (tertiary/aromatic N) is 2. The summed E-state index contributed by atoms with van der Waals surface area (Å²) in [6.45, 7) is 11.0. The molecule has 1 N–H and O–H groups in total. The van der Waals surface area contributed by atoms with Crippen LogP contribution in [0, 0.1) is 13.8 Å². The third-order valence-corrected chi connectivity index (χ3v) is 8.37. The molecule has 7 nitrogen and oxygen atoms in total. The van der Waals surface area contributed by atoms with E-state index in [1.165, 1.54) is 29.2 Å². The van der Waals surface area contributed by atoms with Crippen molar-refractivity contribution >= 4 is 39.1 Å². The van der Waals surface area contributed by atoms with Crippen LogP contribution in [0.25, 0.3) is 0 Å². The van der Waals surface area contributed by atoms with Crippen LogP contribution in [-0.4, -0.2) is 43.3 Å². The lowest BCUT2D eigenvalue weighted by Crippen LogP contribution is -2.55. The Morgan fingerprint density at radius 1 is 0.925 bits per heavy atom. The van der Waals surface area contributed by atoms with Crippen LogP contribution in [0.3, 0.4) is 0 Å². The second-order valence-corrected chi connectivity index (χ2v) is 13.3. The third-order valence-electron chi connectivity index (χ3n) is 6.33. The maximum Gasteiger partial charge on any atom is 0.264 e. The van der Waals surface area contributed by atoms with Gasteiger partial charge < -0.3 is 10.2 Å². The first-order chi connectivity index (χ1) is 18.7. The molecule has 0 spiro atoms. The Labute approximate surface area is 243 Å². The average molecular weight is 584 g/mol. The van der Waals surface area contributed by atoms with Crippen LogP contribution in [0.1, 0.15) is 50.8 Å². The summed E-state index contributed by atoms with van der Waals surface area (Å²) in [6.07, 6.45) is 0.355. The largest absolute Gasteiger partial charge is 0.350 e. The van der Waals surface area contributed by atoms with Crippen molar-refractivity contribution in [3.63, 3.8) is 0 Å². The molecule has 0 bridgehead atoms. The Hall–Kier alpha value is -3.36. The summed E-state index contributed by atoms with van der Waals surface area (Å²) in [5.74, 6) is -0.784. The van der Waals surface area contributed by atoms with Gasteiger partial charge in [-0.05, 0) is 88.6 Å². The number of halogens is 1. The van der Waals surface area contributed by atoms with Gasteiger partial charge in [0.2, 0.25) is 11.8 Å². The molecular weight excluding hydrogens is 546 g/mol. The molecule has 0 aromatic heterocycles. The lowest BCUT2D eigenvalue weighted by molar-refractivity contribution is -0.141. The van der Waals surface area contributed by atoms with Crippen molar-refractivity contribution in [3.05, 3.63) is 94.5 Å². The fourth-order valence-electron chi connectivity index (χ4n) is 4.31. The van der Waals surface area contributed by atoms with Crippen LogP contribution in [0.2, 0.25) is 5.02 Å². The monoisotopic (exact) mass is 583 g/mol. The highest BCUT2D eigenvalue weighted by Gasteiger charge is 2.34. The van der Waals surface area contributed by atoms with Gasteiger partial charge in [0.1, 0.15) is 12.6 Å². The number of carbonyl (C=O) groups excluding carboxylic acids is 2. The van der Waals surface area contributed by atoms with E-state index < -0.39 is 34.1 Å². The molecule has 0 aliphatic rings. The van der Waals surface area contributed by atoms with Gasteiger partial charge in [-0.25, -0.2) is 8.42 Å². The van der Waals surface area contributed by atoms with Crippen LogP contribution in [-0.2, 0) is 26.2 Å². The van der Waals surface area contributed by atoms with Crippen molar-refractivity contribution in [2.45, 2.75) is 71.0 Å². The van der Waals surface area contributed by atoms with E-state index in [0.717, 1.165) is 21.0 Å². The predicted octanol–water partition coefficient (Wildman–Crippen LogP) is 5.87. The second-order valence-electron chi connectivity index (χ2n) is 11.0. The second kappa shape index (κ2) is 12.9. The summed E-state index contributed by atoms with van der Waals surface area (Å²) in [5, 5.41) is 3.38. The minimum atomic E-state index is -4.15. The number of hydrogen-bond donors (Lipinski definition) is 1. The topological polar surface area (TPSA) is 86.8 Å². The zero-order valence-corrected chi connectivity index (χ0v) is 25.5. The summed E-state index contributed by atoms with van der Waals surface area (Å²) in [4.78, 5) is 29.0. The molecule has 9 heteroatoms. The maximum atomic E-state index is 14.1. The zero-order chi connectivity index (χ0) is 29.7. The van der Waals surface area contributed by atoms with E-state index in [1.54, 1.807) is 18.2 Å². The first-order valence-corrected chi connectivity index (χ1v) is 15.0. The fourth-order valence-corrected chi connectivity index (χ4v) is 5.84. The van der Waals surface area contributed by atoms with E-state index >= 15 is 0 Å². The van der Waals surface area contributed by atoms with Gasteiger partial charge in [0, 0.05) is 17.1 Å². The molecule has 3 rings (SSSR count). The van der Waals surface area contributed by atoms with E-state index in [9.17, 15) is 18.0 Å². The number of carbonyl (C=O) groups is 2.